The summed E-state index contributed by atoms with van der Waals surface area (Å²) in [6, 6.07) is 0.141. The lowest BCUT2D eigenvalue weighted by Crippen LogP contribution is -2.55. The van der Waals surface area contributed by atoms with E-state index < -0.39 is 0 Å². The van der Waals surface area contributed by atoms with Gasteiger partial charge in [-0.15, -0.1) is 0 Å². The van der Waals surface area contributed by atoms with E-state index in [0.29, 0.717) is 54.6 Å². The maximum atomic E-state index is 13.2. The van der Waals surface area contributed by atoms with Crippen LogP contribution in [0.1, 0.15) is 105 Å². The molecule has 9 atom stereocenters. The molecule has 5 nitrogen and oxygen atoms in total. The van der Waals surface area contributed by atoms with Crippen molar-refractivity contribution < 1.29 is 14.7 Å². The molecule has 2 unspecified atom stereocenters. The quantitative estimate of drug-likeness (QED) is 0.462. The van der Waals surface area contributed by atoms with Gasteiger partial charge in [0.15, 0.2) is 0 Å². The van der Waals surface area contributed by atoms with Crippen molar-refractivity contribution in [1.82, 2.24) is 9.80 Å². The Hall–Kier alpha value is -1.36. The van der Waals surface area contributed by atoms with Crippen LogP contribution in [0.3, 0.4) is 0 Å². The van der Waals surface area contributed by atoms with Crippen molar-refractivity contribution in [1.29, 1.82) is 0 Å². The zero-order valence-corrected chi connectivity index (χ0v) is 24.5. The van der Waals surface area contributed by atoms with Gasteiger partial charge < -0.3 is 14.9 Å². The van der Waals surface area contributed by atoms with Crippen LogP contribution in [0, 0.1) is 46.3 Å². The Morgan fingerprint density at radius 2 is 1.84 bits per heavy atom. The smallest absolute Gasteiger partial charge is 0.226 e. The van der Waals surface area contributed by atoms with Crippen LogP contribution >= 0.6 is 0 Å². The van der Waals surface area contributed by atoms with Crippen LogP contribution in [0.5, 0.6) is 0 Å². The highest BCUT2D eigenvalue weighted by atomic mass is 16.3. The van der Waals surface area contributed by atoms with Crippen molar-refractivity contribution in [2.75, 3.05) is 19.6 Å². The molecule has 1 aliphatic heterocycles. The second-order valence-corrected chi connectivity index (χ2v) is 14.9. The largest absolute Gasteiger partial charge is 0.393 e. The van der Waals surface area contributed by atoms with Crippen LogP contribution in [0.2, 0.25) is 0 Å². The lowest BCUT2D eigenvalue weighted by Gasteiger charge is -2.58. The van der Waals surface area contributed by atoms with Gasteiger partial charge in [0.2, 0.25) is 11.8 Å². The minimum Gasteiger partial charge on any atom is -0.393 e. The molecule has 2 amide bonds. The number of aliphatic hydroxyl groups excluding tert-OH is 1. The van der Waals surface area contributed by atoms with Gasteiger partial charge >= 0.3 is 0 Å². The number of aliphatic hydroxyl groups is 1. The van der Waals surface area contributed by atoms with Crippen molar-refractivity contribution in [3.8, 4) is 0 Å². The lowest BCUT2D eigenvalue weighted by molar-refractivity contribution is -0.143. The molecular weight excluding hydrogens is 472 g/mol. The number of piperazine rings is 1. The first kappa shape index (κ1) is 26.8. The first-order chi connectivity index (χ1) is 18.1. The molecule has 1 heterocycles. The molecule has 1 saturated heterocycles. The van der Waals surface area contributed by atoms with Crippen molar-refractivity contribution >= 4 is 11.8 Å². The number of carbonyl (C=O) groups is 2. The van der Waals surface area contributed by atoms with E-state index in [4.69, 9.17) is 0 Å². The predicted molar refractivity (Wildman–Crippen MR) is 150 cm³/mol. The van der Waals surface area contributed by atoms with Crippen LogP contribution in [-0.2, 0) is 9.59 Å². The molecule has 6 rings (SSSR count). The van der Waals surface area contributed by atoms with Gasteiger partial charge in [0.05, 0.1) is 6.10 Å². The minimum absolute atomic E-state index is 0.128. The van der Waals surface area contributed by atoms with Crippen LogP contribution in [-0.4, -0.2) is 58.5 Å². The molecule has 5 aliphatic carbocycles. The third kappa shape index (κ3) is 4.47. The SMILES string of the molecule is CC(CCC(=O)N1CCN(C(=O)C2CC2)C(C)C1)[C@H]1CC[C@H]2[C@@H]3CC=C4C[C@@H](O)CC[C@]4(C)[C@H]3CC[C@]12C. The topological polar surface area (TPSA) is 60.9 Å². The number of carbonyl (C=O) groups excluding carboxylic acids is 2. The van der Waals surface area contributed by atoms with E-state index in [2.05, 4.69) is 33.8 Å². The Kier molecular flexibility index (Phi) is 7.01. The Labute approximate surface area is 230 Å². The summed E-state index contributed by atoms with van der Waals surface area (Å²) in [6.07, 6.45) is 15.8. The zero-order valence-electron chi connectivity index (χ0n) is 24.5. The molecule has 0 bridgehead atoms. The summed E-state index contributed by atoms with van der Waals surface area (Å²) in [7, 11) is 0. The Bertz CT molecular complexity index is 973. The number of nitrogens with zero attached hydrogens (tertiary/aromatic N) is 2. The minimum atomic E-state index is -0.128. The van der Waals surface area contributed by atoms with Crippen LogP contribution in [0.25, 0.3) is 0 Å². The van der Waals surface area contributed by atoms with Gasteiger partial charge in [-0.3, -0.25) is 9.59 Å². The molecule has 38 heavy (non-hydrogen) atoms. The van der Waals surface area contributed by atoms with E-state index in [9.17, 15) is 14.7 Å². The molecule has 0 radical (unpaired) electrons. The van der Waals surface area contributed by atoms with Crippen molar-refractivity contribution in [2.24, 2.45) is 46.3 Å². The molecule has 1 N–H and O–H groups in total. The van der Waals surface area contributed by atoms with Gasteiger partial charge in [-0.25, -0.2) is 0 Å². The normalized spacial score (nSPS) is 43.6. The molecule has 0 aromatic heterocycles. The lowest BCUT2D eigenvalue weighted by atomic mass is 9.47. The Morgan fingerprint density at radius 3 is 2.58 bits per heavy atom. The maximum Gasteiger partial charge on any atom is 0.226 e. The molecule has 5 heteroatoms. The van der Waals surface area contributed by atoms with Crippen molar-refractivity contribution in [3.05, 3.63) is 11.6 Å². The third-order valence-corrected chi connectivity index (χ3v) is 12.8. The van der Waals surface area contributed by atoms with Crippen molar-refractivity contribution in [3.63, 3.8) is 0 Å². The average molecular weight is 525 g/mol. The summed E-state index contributed by atoms with van der Waals surface area (Å²) in [5.41, 5.74) is 2.28. The number of hydrogen-bond acceptors (Lipinski definition) is 3. The fourth-order valence-electron chi connectivity index (χ4n) is 10.4. The zero-order chi connectivity index (χ0) is 26.8. The highest BCUT2D eigenvalue weighted by Crippen LogP contribution is 2.67. The third-order valence-electron chi connectivity index (χ3n) is 12.8. The second kappa shape index (κ2) is 9.93. The van der Waals surface area contributed by atoms with Gasteiger partial charge in [0.1, 0.15) is 0 Å². The van der Waals surface area contributed by atoms with Gasteiger partial charge in [-0.2, -0.15) is 0 Å². The summed E-state index contributed by atoms with van der Waals surface area (Å²) in [5.74, 6) is 4.57. The maximum absolute atomic E-state index is 13.2. The fourth-order valence-corrected chi connectivity index (χ4v) is 10.4. The van der Waals surface area contributed by atoms with Crippen molar-refractivity contribution in [2.45, 2.75) is 117 Å². The highest BCUT2D eigenvalue weighted by molar-refractivity contribution is 5.82. The predicted octanol–water partition coefficient (Wildman–Crippen LogP) is 5.81. The standard InChI is InChI=1S/C33H52N2O3/c1-21(5-12-30(37)34-17-18-35(22(2)20-34)31(38)23-6-7-23)27-10-11-28-26-9-8-24-19-25(36)13-15-32(24,3)29(26)14-16-33(27,28)4/h8,21-23,25-29,36H,5-7,9-20H2,1-4H3/t21?,22?,25-,26-,27+,28-,29-,32-,33+/m0/s1. The second-order valence-electron chi connectivity index (χ2n) is 14.9. The molecule has 0 aromatic rings. The number of amides is 2. The van der Waals surface area contributed by atoms with E-state index in [1.807, 2.05) is 9.80 Å². The van der Waals surface area contributed by atoms with E-state index >= 15 is 0 Å². The fraction of sp³-hybridized carbons (Fsp3) is 0.879. The van der Waals surface area contributed by atoms with E-state index in [1.165, 1.54) is 32.1 Å². The molecule has 6 aliphatic rings. The van der Waals surface area contributed by atoms with Crippen LogP contribution in [0.4, 0.5) is 0 Å². The van der Waals surface area contributed by atoms with Gasteiger partial charge in [0, 0.05) is 38.0 Å². The van der Waals surface area contributed by atoms with Gasteiger partial charge in [-0.05, 0) is 118 Å². The monoisotopic (exact) mass is 524 g/mol. The first-order valence-electron chi connectivity index (χ1n) is 16.1. The van der Waals surface area contributed by atoms with E-state index in [-0.39, 0.29) is 18.1 Å². The molecule has 0 spiro atoms. The summed E-state index contributed by atoms with van der Waals surface area (Å²) in [6.45, 7) is 11.8. The molecular formula is C33H52N2O3. The average Bonchev–Trinajstić information content (AvgIpc) is 3.68. The molecule has 0 aromatic carbocycles. The number of allylic oxidation sites excluding steroid dienone is 1. The Morgan fingerprint density at radius 1 is 1.05 bits per heavy atom. The Balaban J connectivity index is 1.05. The van der Waals surface area contributed by atoms with E-state index in [0.717, 1.165) is 62.2 Å². The summed E-state index contributed by atoms with van der Waals surface area (Å²) >= 11 is 0. The van der Waals surface area contributed by atoms with Crippen LogP contribution in [0.15, 0.2) is 11.6 Å². The summed E-state index contributed by atoms with van der Waals surface area (Å²) in [4.78, 5) is 29.8. The van der Waals surface area contributed by atoms with Crippen LogP contribution < -0.4 is 0 Å². The number of rotatable bonds is 5. The van der Waals surface area contributed by atoms with Gasteiger partial charge in [-0.1, -0.05) is 32.4 Å². The molecule has 5 fully saturated rings. The van der Waals surface area contributed by atoms with E-state index in [1.54, 1.807) is 5.57 Å². The summed E-state index contributed by atoms with van der Waals surface area (Å²) in [5, 5.41) is 10.3. The highest BCUT2D eigenvalue weighted by Gasteiger charge is 2.59. The first-order valence-corrected chi connectivity index (χ1v) is 16.1. The molecule has 4 saturated carbocycles. The number of fused-ring (bicyclic) bond motifs is 5. The molecule has 212 valence electrons. The van der Waals surface area contributed by atoms with Gasteiger partial charge in [0.25, 0.3) is 0 Å². The number of hydrogen-bond donors (Lipinski definition) is 1. The summed E-state index contributed by atoms with van der Waals surface area (Å²) < 4.78 is 0.